The number of hydrogen-bond acceptors (Lipinski definition) is 8. The predicted molar refractivity (Wildman–Crippen MR) is 117 cm³/mol. The van der Waals surface area contributed by atoms with Crippen LogP contribution in [0.1, 0.15) is 25.8 Å². The minimum Gasteiger partial charge on any atom is -0.497 e. The fourth-order valence-electron chi connectivity index (χ4n) is 3.38. The van der Waals surface area contributed by atoms with Crippen molar-refractivity contribution in [1.82, 2.24) is 15.3 Å². The summed E-state index contributed by atoms with van der Waals surface area (Å²) in [6.07, 6.45) is -6.03. The Labute approximate surface area is 189 Å². The minimum absolute atomic E-state index is 0.119. The number of nitrogens with zero attached hydrogens (tertiary/aromatic N) is 3. The molecule has 0 unspecified atom stereocenters. The SMILES string of the molecule is COc1ccc(CNc2nc(O[C@@H](C)C(F)(F)F)nc(N3CC[C@H](NC(C)=O)C3)c2N)cc1. The summed E-state index contributed by atoms with van der Waals surface area (Å²) in [5, 5.41) is 5.88. The molecule has 0 spiro atoms. The lowest BCUT2D eigenvalue weighted by Gasteiger charge is -2.23. The van der Waals surface area contributed by atoms with Crippen molar-refractivity contribution >= 4 is 23.2 Å². The van der Waals surface area contributed by atoms with E-state index in [1.54, 1.807) is 24.1 Å². The Balaban J connectivity index is 1.85. The highest BCUT2D eigenvalue weighted by Gasteiger charge is 2.39. The van der Waals surface area contributed by atoms with E-state index < -0.39 is 18.3 Å². The number of aromatic nitrogens is 2. The molecule has 12 heteroatoms. The van der Waals surface area contributed by atoms with Gasteiger partial charge in [0.05, 0.1) is 7.11 Å². The second-order valence-electron chi connectivity index (χ2n) is 7.73. The zero-order valence-corrected chi connectivity index (χ0v) is 18.6. The smallest absolute Gasteiger partial charge is 0.425 e. The summed E-state index contributed by atoms with van der Waals surface area (Å²) in [5.74, 6) is 0.937. The monoisotopic (exact) mass is 468 g/mol. The fraction of sp³-hybridized carbons (Fsp3) is 0.476. The van der Waals surface area contributed by atoms with Gasteiger partial charge in [0, 0.05) is 32.6 Å². The van der Waals surface area contributed by atoms with Crippen LogP contribution in [0.25, 0.3) is 0 Å². The number of carbonyl (C=O) groups is 1. The summed E-state index contributed by atoms with van der Waals surface area (Å²) < 4.78 is 49.2. The van der Waals surface area contributed by atoms with Crippen LogP contribution in [0.2, 0.25) is 0 Å². The van der Waals surface area contributed by atoms with E-state index in [9.17, 15) is 18.0 Å². The highest BCUT2D eigenvalue weighted by atomic mass is 19.4. The molecule has 1 aromatic heterocycles. The lowest BCUT2D eigenvalue weighted by atomic mass is 10.2. The number of ether oxygens (including phenoxy) is 2. The van der Waals surface area contributed by atoms with Crippen LogP contribution in [0, 0.1) is 0 Å². The molecule has 3 rings (SSSR count). The van der Waals surface area contributed by atoms with E-state index >= 15 is 0 Å². The van der Waals surface area contributed by atoms with Gasteiger partial charge < -0.3 is 30.7 Å². The number of nitrogens with one attached hydrogen (secondary N) is 2. The highest BCUT2D eigenvalue weighted by Crippen LogP contribution is 2.33. The first-order valence-electron chi connectivity index (χ1n) is 10.4. The molecular formula is C21H27F3N6O3. The third kappa shape index (κ3) is 6.30. The molecule has 0 bridgehead atoms. The van der Waals surface area contributed by atoms with Gasteiger partial charge in [0.1, 0.15) is 11.4 Å². The van der Waals surface area contributed by atoms with Crippen molar-refractivity contribution in [3.05, 3.63) is 29.8 Å². The molecule has 33 heavy (non-hydrogen) atoms. The van der Waals surface area contributed by atoms with Crippen molar-refractivity contribution in [2.24, 2.45) is 0 Å². The summed E-state index contributed by atoms with van der Waals surface area (Å²) >= 11 is 0. The van der Waals surface area contributed by atoms with Crippen LogP contribution in [-0.2, 0) is 11.3 Å². The van der Waals surface area contributed by atoms with Crippen molar-refractivity contribution in [2.75, 3.05) is 36.1 Å². The molecule has 1 saturated heterocycles. The maximum absolute atomic E-state index is 13.0. The molecule has 1 aromatic carbocycles. The van der Waals surface area contributed by atoms with E-state index in [1.165, 1.54) is 6.92 Å². The van der Waals surface area contributed by atoms with Crippen LogP contribution in [0.5, 0.6) is 11.8 Å². The molecule has 2 aromatic rings. The van der Waals surface area contributed by atoms with E-state index in [4.69, 9.17) is 15.2 Å². The number of nitrogen functional groups attached to an aromatic ring is 1. The average Bonchev–Trinajstić information content (AvgIpc) is 3.21. The zero-order chi connectivity index (χ0) is 24.2. The highest BCUT2D eigenvalue weighted by molar-refractivity contribution is 5.77. The number of carbonyl (C=O) groups excluding carboxylic acids is 1. The van der Waals surface area contributed by atoms with Crippen LogP contribution in [0.15, 0.2) is 24.3 Å². The van der Waals surface area contributed by atoms with Gasteiger partial charge in [-0.1, -0.05) is 12.1 Å². The number of anilines is 3. The molecule has 1 aliphatic heterocycles. The fourth-order valence-corrected chi connectivity index (χ4v) is 3.38. The van der Waals surface area contributed by atoms with E-state index in [0.29, 0.717) is 31.8 Å². The average molecular weight is 468 g/mol. The predicted octanol–water partition coefficient (Wildman–Crippen LogP) is 2.72. The first-order chi connectivity index (χ1) is 15.6. The molecule has 1 aliphatic rings. The lowest BCUT2D eigenvalue weighted by Crippen LogP contribution is -2.36. The molecule has 0 saturated carbocycles. The number of halogens is 3. The molecule has 2 heterocycles. The molecule has 2 atom stereocenters. The van der Waals surface area contributed by atoms with Gasteiger partial charge in [-0.15, -0.1) is 0 Å². The van der Waals surface area contributed by atoms with Crippen molar-refractivity contribution in [3.8, 4) is 11.8 Å². The van der Waals surface area contributed by atoms with Crippen LogP contribution in [0.4, 0.5) is 30.5 Å². The van der Waals surface area contributed by atoms with Gasteiger partial charge in [-0.05, 0) is 31.0 Å². The second kappa shape index (κ2) is 10.0. The summed E-state index contributed by atoms with van der Waals surface area (Å²) in [7, 11) is 1.56. The number of alkyl halides is 3. The molecule has 9 nitrogen and oxygen atoms in total. The zero-order valence-electron chi connectivity index (χ0n) is 18.6. The summed E-state index contributed by atoms with van der Waals surface area (Å²) in [4.78, 5) is 21.4. The maximum atomic E-state index is 13.0. The van der Waals surface area contributed by atoms with Crippen LogP contribution >= 0.6 is 0 Å². The number of hydrogen-bond donors (Lipinski definition) is 3. The topological polar surface area (TPSA) is 115 Å². The normalized spacial score (nSPS) is 16.9. The van der Waals surface area contributed by atoms with Gasteiger partial charge in [0.25, 0.3) is 0 Å². The Morgan fingerprint density at radius 1 is 1.30 bits per heavy atom. The summed E-state index contributed by atoms with van der Waals surface area (Å²) in [6.45, 7) is 3.54. The Hall–Kier alpha value is -3.44. The Morgan fingerprint density at radius 2 is 2.00 bits per heavy atom. The van der Waals surface area contributed by atoms with E-state index in [0.717, 1.165) is 12.5 Å². The van der Waals surface area contributed by atoms with Gasteiger partial charge in [-0.25, -0.2) is 0 Å². The molecule has 0 radical (unpaired) electrons. The molecule has 4 N–H and O–H groups in total. The van der Waals surface area contributed by atoms with Crippen molar-refractivity contribution < 1.29 is 27.4 Å². The van der Waals surface area contributed by atoms with E-state index in [-0.39, 0.29) is 29.3 Å². The van der Waals surface area contributed by atoms with Crippen LogP contribution < -0.4 is 30.7 Å². The first-order valence-corrected chi connectivity index (χ1v) is 10.4. The number of rotatable bonds is 8. The third-order valence-electron chi connectivity index (χ3n) is 5.16. The summed E-state index contributed by atoms with van der Waals surface area (Å²) in [6, 6.07) is 6.70. The van der Waals surface area contributed by atoms with Gasteiger partial charge >= 0.3 is 12.2 Å². The van der Waals surface area contributed by atoms with E-state index in [1.807, 2.05) is 12.1 Å². The van der Waals surface area contributed by atoms with Gasteiger partial charge in [-0.3, -0.25) is 4.79 Å². The number of methoxy groups -OCH3 is 1. The third-order valence-corrected chi connectivity index (χ3v) is 5.16. The quantitative estimate of drug-likeness (QED) is 0.542. The Bertz CT molecular complexity index is 971. The molecule has 1 amide bonds. The van der Waals surface area contributed by atoms with Gasteiger partial charge in [0.15, 0.2) is 17.7 Å². The second-order valence-corrected chi connectivity index (χ2v) is 7.73. The molecule has 180 valence electrons. The Morgan fingerprint density at radius 3 is 2.61 bits per heavy atom. The lowest BCUT2D eigenvalue weighted by molar-refractivity contribution is -0.190. The van der Waals surface area contributed by atoms with Gasteiger partial charge in [0.2, 0.25) is 5.91 Å². The van der Waals surface area contributed by atoms with Crippen molar-refractivity contribution in [1.29, 1.82) is 0 Å². The standard InChI is InChI=1S/C21H27F3N6O3/c1-12(21(22,23)24)33-20-28-18(26-10-14-4-6-16(32-3)7-5-14)17(25)19(29-20)30-9-8-15(11-30)27-13(2)31/h4-7,12,15H,8-11,25H2,1-3H3,(H,27,31)(H,26,28,29)/t12-,15-/m0/s1. The Kier molecular flexibility index (Phi) is 7.34. The van der Waals surface area contributed by atoms with Crippen molar-refractivity contribution in [2.45, 2.75) is 45.1 Å². The van der Waals surface area contributed by atoms with E-state index in [2.05, 4.69) is 20.6 Å². The summed E-state index contributed by atoms with van der Waals surface area (Å²) in [5.41, 5.74) is 7.35. The van der Waals surface area contributed by atoms with Gasteiger partial charge in [-0.2, -0.15) is 23.1 Å². The minimum atomic E-state index is -4.58. The molecular weight excluding hydrogens is 441 g/mol. The number of nitrogens with two attached hydrogens (primary N) is 1. The van der Waals surface area contributed by atoms with Crippen LogP contribution in [-0.4, -0.2) is 54.4 Å². The number of benzene rings is 1. The molecule has 1 fully saturated rings. The van der Waals surface area contributed by atoms with Crippen LogP contribution in [0.3, 0.4) is 0 Å². The number of amides is 1. The van der Waals surface area contributed by atoms with Crippen molar-refractivity contribution in [3.63, 3.8) is 0 Å². The first kappa shape index (κ1) is 24.2. The largest absolute Gasteiger partial charge is 0.497 e. The molecule has 0 aliphatic carbocycles. The maximum Gasteiger partial charge on any atom is 0.425 e.